The van der Waals surface area contributed by atoms with Crippen molar-refractivity contribution < 1.29 is 9.53 Å². The first kappa shape index (κ1) is 15.0. The molecule has 0 fully saturated rings. The maximum atomic E-state index is 12.3. The van der Waals surface area contributed by atoms with E-state index in [1.165, 1.54) is 0 Å². The predicted octanol–water partition coefficient (Wildman–Crippen LogP) is 2.90. The lowest BCUT2D eigenvalue weighted by Crippen LogP contribution is -2.28. The second-order valence-electron chi connectivity index (χ2n) is 4.80. The Bertz CT molecular complexity index is 584. The van der Waals surface area contributed by atoms with Crippen LogP contribution in [0.2, 0.25) is 0 Å². The number of amides is 1. The van der Waals surface area contributed by atoms with Crippen LogP contribution >= 0.6 is 0 Å². The van der Waals surface area contributed by atoms with Crippen molar-refractivity contribution in [3.05, 3.63) is 59.8 Å². The number of carbonyl (C=O) groups is 1. The first-order valence-electron chi connectivity index (χ1n) is 7.06. The number of benzene rings is 1. The summed E-state index contributed by atoms with van der Waals surface area (Å²) < 4.78 is 5.08. The molecule has 0 saturated carbocycles. The van der Waals surface area contributed by atoms with Gasteiger partial charge in [-0.1, -0.05) is 37.3 Å². The van der Waals surface area contributed by atoms with Crippen molar-refractivity contribution in [3.63, 3.8) is 0 Å². The first-order chi connectivity index (χ1) is 10.2. The predicted molar refractivity (Wildman–Crippen MR) is 82.1 cm³/mol. The molecule has 1 aromatic carbocycles. The van der Waals surface area contributed by atoms with Crippen molar-refractivity contribution in [3.8, 4) is 5.88 Å². The minimum Gasteiger partial charge on any atom is -0.481 e. The summed E-state index contributed by atoms with van der Waals surface area (Å²) in [6, 6.07) is 13.5. The lowest BCUT2D eigenvalue weighted by molar-refractivity contribution is -0.122. The van der Waals surface area contributed by atoms with Crippen LogP contribution in [-0.4, -0.2) is 18.0 Å². The van der Waals surface area contributed by atoms with Gasteiger partial charge in [0, 0.05) is 18.8 Å². The zero-order valence-corrected chi connectivity index (χ0v) is 12.4. The zero-order chi connectivity index (χ0) is 15.1. The summed E-state index contributed by atoms with van der Waals surface area (Å²) in [6.07, 6.45) is 2.45. The highest BCUT2D eigenvalue weighted by atomic mass is 16.5. The van der Waals surface area contributed by atoms with Crippen molar-refractivity contribution in [2.75, 3.05) is 7.11 Å². The normalized spacial score (nSPS) is 11.7. The van der Waals surface area contributed by atoms with E-state index >= 15 is 0 Å². The number of methoxy groups -OCH3 is 1. The van der Waals surface area contributed by atoms with Gasteiger partial charge in [0.1, 0.15) is 0 Å². The monoisotopic (exact) mass is 284 g/mol. The van der Waals surface area contributed by atoms with E-state index in [9.17, 15) is 4.79 Å². The summed E-state index contributed by atoms with van der Waals surface area (Å²) in [5.41, 5.74) is 2.02. The number of hydrogen-bond acceptors (Lipinski definition) is 3. The molecule has 1 atom stereocenters. The van der Waals surface area contributed by atoms with Crippen molar-refractivity contribution in [2.24, 2.45) is 0 Å². The molecule has 110 valence electrons. The molecule has 0 aliphatic carbocycles. The Hall–Kier alpha value is -2.36. The first-order valence-corrected chi connectivity index (χ1v) is 7.06. The lowest BCUT2D eigenvalue weighted by atomic mass is 9.95. The summed E-state index contributed by atoms with van der Waals surface area (Å²) in [6.45, 7) is 2.49. The maximum Gasteiger partial charge on any atom is 0.227 e. The Morgan fingerprint density at radius 3 is 2.71 bits per heavy atom. The van der Waals surface area contributed by atoms with E-state index in [1.807, 2.05) is 49.4 Å². The van der Waals surface area contributed by atoms with Gasteiger partial charge in [-0.25, -0.2) is 4.98 Å². The molecule has 0 bridgehead atoms. The van der Waals surface area contributed by atoms with Crippen molar-refractivity contribution in [2.45, 2.75) is 25.8 Å². The molecule has 21 heavy (non-hydrogen) atoms. The zero-order valence-electron chi connectivity index (χ0n) is 12.4. The van der Waals surface area contributed by atoms with Crippen molar-refractivity contribution >= 4 is 5.91 Å². The molecule has 0 unspecified atom stereocenters. The van der Waals surface area contributed by atoms with E-state index in [1.54, 1.807) is 13.3 Å². The third kappa shape index (κ3) is 4.05. The second kappa shape index (κ2) is 7.43. The average molecular weight is 284 g/mol. The van der Waals surface area contributed by atoms with Crippen LogP contribution in [0.25, 0.3) is 0 Å². The van der Waals surface area contributed by atoms with Crippen molar-refractivity contribution in [1.29, 1.82) is 0 Å². The van der Waals surface area contributed by atoms with Gasteiger partial charge in [0.2, 0.25) is 11.8 Å². The van der Waals surface area contributed by atoms with Gasteiger partial charge >= 0.3 is 0 Å². The molecule has 1 aromatic heterocycles. The van der Waals surface area contributed by atoms with Crippen LogP contribution in [0.1, 0.15) is 30.4 Å². The van der Waals surface area contributed by atoms with Gasteiger partial charge in [0.05, 0.1) is 13.0 Å². The minimum absolute atomic E-state index is 0.0412. The molecule has 0 spiro atoms. The van der Waals surface area contributed by atoms with Crippen LogP contribution in [0.3, 0.4) is 0 Å². The van der Waals surface area contributed by atoms with Gasteiger partial charge in [-0.3, -0.25) is 4.79 Å². The third-order valence-corrected chi connectivity index (χ3v) is 3.40. The number of ether oxygens (including phenoxy) is 1. The van der Waals surface area contributed by atoms with Crippen LogP contribution in [0, 0.1) is 0 Å². The molecule has 4 heteroatoms. The van der Waals surface area contributed by atoms with E-state index in [0.717, 1.165) is 17.5 Å². The number of aromatic nitrogens is 1. The number of nitrogens with zero attached hydrogens (tertiary/aromatic N) is 1. The molecule has 0 radical (unpaired) electrons. The number of carbonyl (C=O) groups excluding carboxylic acids is 1. The van der Waals surface area contributed by atoms with E-state index in [0.29, 0.717) is 12.4 Å². The van der Waals surface area contributed by atoms with Gasteiger partial charge < -0.3 is 10.1 Å². The van der Waals surface area contributed by atoms with Gasteiger partial charge in [0.25, 0.3) is 0 Å². The molecular formula is C17H20N2O2. The van der Waals surface area contributed by atoms with Gasteiger partial charge in [0.15, 0.2) is 0 Å². The van der Waals surface area contributed by atoms with E-state index < -0.39 is 0 Å². The quantitative estimate of drug-likeness (QED) is 0.887. The summed E-state index contributed by atoms with van der Waals surface area (Å²) >= 11 is 0. The topological polar surface area (TPSA) is 51.2 Å². The van der Waals surface area contributed by atoms with E-state index in [4.69, 9.17) is 4.74 Å². The SMILES string of the molecule is CC[C@@H](C(=O)NCc1ccnc(OC)c1)c1ccccc1. The smallest absolute Gasteiger partial charge is 0.227 e. The molecule has 1 heterocycles. The highest BCUT2D eigenvalue weighted by molar-refractivity contribution is 5.83. The summed E-state index contributed by atoms with van der Waals surface area (Å²) in [4.78, 5) is 16.4. The second-order valence-corrected chi connectivity index (χ2v) is 4.80. The summed E-state index contributed by atoms with van der Waals surface area (Å²) in [5, 5.41) is 2.98. The Balaban J connectivity index is 2.00. The minimum atomic E-state index is -0.116. The molecule has 1 N–H and O–H groups in total. The molecule has 0 aliphatic rings. The molecule has 2 rings (SSSR count). The third-order valence-electron chi connectivity index (χ3n) is 3.40. The van der Waals surface area contributed by atoms with Crippen LogP contribution in [0.4, 0.5) is 0 Å². The van der Waals surface area contributed by atoms with Gasteiger partial charge in [-0.15, -0.1) is 0 Å². The summed E-state index contributed by atoms with van der Waals surface area (Å²) in [7, 11) is 1.58. The number of rotatable bonds is 6. The molecular weight excluding hydrogens is 264 g/mol. The van der Waals surface area contributed by atoms with E-state index in [-0.39, 0.29) is 11.8 Å². The van der Waals surface area contributed by atoms with Crippen LogP contribution in [0.5, 0.6) is 5.88 Å². The van der Waals surface area contributed by atoms with Gasteiger partial charge in [-0.2, -0.15) is 0 Å². The Kier molecular flexibility index (Phi) is 5.32. The standard InChI is InChI=1S/C17H20N2O2/c1-3-15(14-7-5-4-6-8-14)17(20)19-12-13-9-10-18-16(11-13)21-2/h4-11,15H,3,12H2,1-2H3,(H,19,20)/t15-/m1/s1. The Morgan fingerprint density at radius 2 is 2.05 bits per heavy atom. The summed E-state index contributed by atoms with van der Waals surface area (Å²) in [5.74, 6) is 0.478. The molecule has 1 amide bonds. The highest BCUT2D eigenvalue weighted by Gasteiger charge is 2.17. The molecule has 0 aliphatic heterocycles. The number of nitrogens with one attached hydrogen (secondary N) is 1. The van der Waals surface area contributed by atoms with Crippen LogP contribution < -0.4 is 10.1 Å². The molecule has 2 aromatic rings. The van der Waals surface area contributed by atoms with E-state index in [2.05, 4.69) is 10.3 Å². The fourth-order valence-electron chi connectivity index (χ4n) is 2.24. The van der Waals surface area contributed by atoms with Crippen LogP contribution in [0.15, 0.2) is 48.7 Å². The van der Waals surface area contributed by atoms with Gasteiger partial charge in [-0.05, 0) is 23.6 Å². The van der Waals surface area contributed by atoms with Crippen molar-refractivity contribution in [1.82, 2.24) is 10.3 Å². The molecule has 0 saturated heterocycles. The average Bonchev–Trinajstić information content (AvgIpc) is 2.55. The number of pyridine rings is 1. The fourth-order valence-corrected chi connectivity index (χ4v) is 2.24. The largest absolute Gasteiger partial charge is 0.481 e. The Labute approximate surface area is 125 Å². The fraction of sp³-hybridized carbons (Fsp3) is 0.294. The van der Waals surface area contributed by atoms with Crippen LogP contribution in [-0.2, 0) is 11.3 Å². The lowest BCUT2D eigenvalue weighted by Gasteiger charge is -2.15. The highest BCUT2D eigenvalue weighted by Crippen LogP contribution is 2.19. The molecule has 4 nitrogen and oxygen atoms in total. The maximum absolute atomic E-state index is 12.3. The number of hydrogen-bond donors (Lipinski definition) is 1. The Morgan fingerprint density at radius 1 is 1.29 bits per heavy atom.